The molecule has 2 heterocycles. The molecule has 4 rings (SSSR count). The molecule has 8 heteroatoms. The molecule has 0 radical (unpaired) electrons. The highest BCUT2D eigenvalue weighted by atomic mass is 32.2. The number of benzene rings is 1. The van der Waals surface area contributed by atoms with E-state index in [4.69, 9.17) is 9.47 Å². The molecule has 1 aromatic rings. The molecule has 6 atom stereocenters. The van der Waals surface area contributed by atoms with Crippen molar-refractivity contribution in [1.82, 2.24) is 10.2 Å². The lowest BCUT2D eigenvalue weighted by molar-refractivity contribution is -0.147. The molecule has 2 amide bonds. The summed E-state index contributed by atoms with van der Waals surface area (Å²) in [6.45, 7) is 11.3. The SMILES string of the molecule is CC[C@H](NC(=O)[C@@H]1CSC(C)(C)N1C(=O)OC(C)(C)C)[C@H]1OC(=O)[C@@H]2[C@H](c3ccccc3)[C@H]12. The average molecular weight is 475 g/mol. The van der Waals surface area contributed by atoms with Gasteiger partial charge in [-0.1, -0.05) is 37.3 Å². The first kappa shape index (κ1) is 23.9. The maximum atomic E-state index is 13.4. The zero-order valence-electron chi connectivity index (χ0n) is 20.2. The van der Waals surface area contributed by atoms with E-state index in [2.05, 4.69) is 5.32 Å². The number of esters is 1. The van der Waals surface area contributed by atoms with Crippen LogP contribution in [0.1, 0.15) is 59.4 Å². The van der Waals surface area contributed by atoms with Gasteiger partial charge < -0.3 is 14.8 Å². The van der Waals surface area contributed by atoms with Crippen molar-refractivity contribution in [2.45, 2.75) is 82.5 Å². The van der Waals surface area contributed by atoms with Crippen LogP contribution in [0.25, 0.3) is 0 Å². The number of carbonyl (C=O) groups is 3. The molecule has 180 valence electrons. The number of fused-ring (bicyclic) bond motifs is 1. The fourth-order valence-electron chi connectivity index (χ4n) is 5.14. The van der Waals surface area contributed by atoms with E-state index in [1.165, 1.54) is 0 Å². The van der Waals surface area contributed by atoms with Crippen LogP contribution < -0.4 is 5.32 Å². The number of amides is 2. The normalized spacial score (nSPS) is 30.9. The van der Waals surface area contributed by atoms with Crippen LogP contribution in [-0.4, -0.2) is 57.3 Å². The molecule has 0 unspecified atom stereocenters. The lowest BCUT2D eigenvalue weighted by atomic mass is 9.99. The van der Waals surface area contributed by atoms with Crippen molar-refractivity contribution in [3.8, 4) is 0 Å². The van der Waals surface area contributed by atoms with E-state index in [0.29, 0.717) is 12.2 Å². The fourth-order valence-corrected chi connectivity index (χ4v) is 6.35. The number of carbonyl (C=O) groups excluding carboxylic acids is 3. The van der Waals surface area contributed by atoms with E-state index in [1.807, 2.05) is 71.9 Å². The van der Waals surface area contributed by atoms with Crippen LogP contribution in [-0.2, 0) is 19.1 Å². The number of rotatable bonds is 5. The molecule has 1 aromatic carbocycles. The standard InChI is InChI=1S/C25H34N2O5S/c1-7-15(20-18-17(19(18)22(29)31-20)14-11-9-8-10-12-14)26-21(28)16-13-33-25(5,6)27(16)23(30)32-24(2,3)4/h8-12,15-20H,7,13H2,1-6H3,(H,26,28)/t15-,16-,17+,18-,19+,20+/m0/s1. The summed E-state index contributed by atoms with van der Waals surface area (Å²) >= 11 is 1.55. The molecule has 1 N–H and O–H groups in total. The van der Waals surface area contributed by atoms with Crippen LogP contribution in [0.5, 0.6) is 0 Å². The second-order valence-corrected chi connectivity index (χ2v) is 12.2. The second kappa shape index (κ2) is 8.53. The Balaban J connectivity index is 1.47. The van der Waals surface area contributed by atoms with Crippen molar-refractivity contribution in [3.63, 3.8) is 0 Å². The topological polar surface area (TPSA) is 84.9 Å². The Kier molecular flexibility index (Phi) is 6.18. The first-order chi connectivity index (χ1) is 15.4. The molecule has 3 fully saturated rings. The van der Waals surface area contributed by atoms with Crippen LogP contribution >= 0.6 is 11.8 Å². The molecule has 2 aliphatic heterocycles. The number of nitrogens with zero attached hydrogens (tertiary/aromatic N) is 1. The second-order valence-electron chi connectivity index (χ2n) is 10.6. The Hall–Kier alpha value is -2.22. The molecule has 1 saturated carbocycles. The molecule has 33 heavy (non-hydrogen) atoms. The number of ether oxygens (including phenoxy) is 2. The van der Waals surface area contributed by atoms with Gasteiger partial charge in [0.15, 0.2) is 0 Å². The smallest absolute Gasteiger partial charge is 0.412 e. The van der Waals surface area contributed by atoms with E-state index in [-0.39, 0.29) is 41.8 Å². The predicted molar refractivity (Wildman–Crippen MR) is 127 cm³/mol. The summed E-state index contributed by atoms with van der Waals surface area (Å²) < 4.78 is 11.3. The maximum absolute atomic E-state index is 13.4. The minimum atomic E-state index is -0.654. The Morgan fingerprint density at radius 1 is 1.24 bits per heavy atom. The lowest BCUT2D eigenvalue weighted by Gasteiger charge is -2.36. The van der Waals surface area contributed by atoms with Gasteiger partial charge >= 0.3 is 12.1 Å². The van der Waals surface area contributed by atoms with Gasteiger partial charge in [0, 0.05) is 17.6 Å². The monoisotopic (exact) mass is 474 g/mol. The minimum Gasteiger partial charge on any atom is -0.460 e. The highest BCUT2D eigenvalue weighted by molar-refractivity contribution is 8.00. The molecular weight excluding hydrogens is 440 g/mol. The van der Waals surface area contributed by atoms with Crippen molar-refractivity contribution in [3.05, 3.63) is 35.9 Å². The van der Waals surface area contributed by atoms with E-state index in [1.54, 1.807) is 16.7 Å². The Morgan fingerprint density at radius 3 is 2.52 bits per heavy atom. The van der Waals surface area contributed by atoms with E-state index < -0.39 is 22.6 Å². The highest BCUT2D eigenvalue weighted by Gasteiger charge is 2.67. The van der Waals surface area contributed by atoms with Crippen molar-refractivity contribution < 1.29 is 23.9 Å². The first-order valence-corrected chi connectivity index (χ1v) is 12.6. The van der Waals surface area contributed by atoms with Crippen LogP contribution in [0, 0.1) is 11.8 Å². The summed E-state index contributed by atoms with van der Waals surface area (Å²) in [6.07, 6.45) is -0.229. The van der Waals surface area contributed by atoms with E-state index >= 15 is 0 Å². The quantitative estimate of drug-likeness (QED) is 0.651. The maximum Gasteiger partial charge on any atom is 0.412 e. The molecular formula is C25H34N2O5S. The predicted octanol–water partition coefficient (Wildman–Crippen LogP) is 3.93. The summed E-state index contributed by atoms with van der Waals surface area (Å²) in [5.41, 5.74) is 0.485. The molecule has 1 aliphatic carbocycles. The number of hydrogen-bond acceptors (Lipinski definition) is 6. The average Bonchev–Trinajstić information content (AvgIpc) is 3.26. The number of nitrogens with one attached hydrogen (secondary N) is 1. The zero-order chi connectivity index (χ0) is 24.1. The van der Waals surface area contributed by atoms with Crippen LogP contribution in [0.2, 0.25) is 0 Å². The third kappa shape index (κ3) is 4.59. The molecule has 0 spiro atoms. The van der Waals surface area contributed by atoms with Crippen LogP contribution in [0.3, 0.4) is 0 Å². The third-order valence-electron chi connectivity index (χ3n) is 6.71. The van der Waals surface area contributed by atoms with Gasteiger partial charge in [0.2, 0.25) is 5.91 Å². The summed E-state index contributed by atoms with van der Waals surface area (Å²) in [7, 11) is 0. The van der Waals surface area contributed by atoms with E-state index in [9.17, 15) is 14.4 Å². The van der Waals surface area contributed by atoms with Gasteiger partial charge in [-0.15, -0.1) is 11.8 Å². The van der Waals surface area contributed by atoms with Gasteiger partial charge in [-0.2, -0.15) is 0 Å². The number of thioether (sulfide) groups is 1. The van der Waals surface area contributed by atoms with Gasteiger partial charge in [0.05, 0.1) is 16.8 Å². The Morgan fingerprint density at radius 2 is 1.91 bits per heavy atom. The Bertz CT molecular complexity index is 928. The minimum absolute atomic E-state index is 0.0708. The summed E-state index contributed by atoms with van der Waals surface area (Å²) in [5.74, 6) is 0.144. The van der Waals surface area contributed by atoms with Gasteiger partial charge in [-0.3, -0.25) is 14.5 Å². The van der Waals surface area contributed by atoms with Gasteiger partial charge in [-0.05, 0) is 46.6 Å². The van der Waals surface area contributed by atoms with Crippen molar-refractivity contribution in [2.24, 2.45) is 11.8 Å². The summed E-state index contributed by atoms with van der Waals surface area (Å²) in [4.78, 5) is 39.8. The van der Waals surface area contributed by atoms with Gasteiger partial charge in [-0.25, -0.2) is 4.79 Å². The Labute approximate surface area is 199 Å². The largest absolute Gasteiger partial charge is 0.460 e. The number of hydrogen-bond donors (Lipinski definition) is 1. The molecule has 7 nitrogen and oxygen atoms in total. The summed E-state index contributed by atoms with van der Waals surface area (Å²) in [5, 5.41) is 3.11. The van der Waals surface area contributed by atoms with Gasteiger partial charge in [0.1, 0.15) is 17.7 Å². The molecule has 0 aromatic heterocycles. The van der Waals surface area contributed by atoms with Crippen molar-refractivity contribution in [2.75, 3.05) is 5.75 Å². The van der Waals surface area contributed by atoms with Crippen molar-refractivity contribution >= 4 is 29.7 Å². The summed E-state index contributed by atoms with van der Waals surface area (Å²) in [6, 6.07) is 9.06. The third-order valence-corrected chi connectivity index (χ3v) is 8.09. The highest BCUT2D eigenvalue weighted by Crippen LogP contribution is 2.61. The molecule has 2 saturated heterocycles. The zero-order valence-corrected chi connectivity index (χ0v) is 21.0. The van der Waals surface area contributed by atoms with Crippen molar-refractivity contribution in [1.29, 1.82) is 0 Å². The number of cyclic esters (lactones) is 1. The van der Waals surface area contributed by atoms with Crippen LogP contribution in [0.15, 0.2) is 30.3 Å². The lowest BCUT2D eigenvalue weighted by Crippen LogP contribution is -2.57. The van der Waals surface area contributed by atoms with Crippen LogP contribution in [0.4, 0.5) is 4.79 Å². The fraction of sp³-hybridized carbons (Fsp3) is 0.640. The van der Waals surface area contributed by atoms with E-state index in [0.717, 1.165) is 5.56 Å². The molecule has 3 aliphatic rings. The molecule has 0 bridgehead atoms. The first-order valence-electron chi connectivity index (χ1n) is 11.7. The van der Waals surface area contributed by atoms with Gasteiger partial charge in [0.25, 0.3) is 0 Å².